The average Bonchev–Trinajstić information content (AvgIpc) is 3.65. The van der Waals surface area contributed by atoms with Crippen LogP contribution in [0.5, 0.6) is 0 Å². The van der Waals surface area contributed by atoms with Gasteiger partial charge in [-0.25, -0.2) is 15.0 Å². The number of carbonyl (C=O) groups excluding carboxylic acids is 1. The van der Waals surface area contributed by atoms with E-state index in [-0.39, 0.29) is 17.6 Å². The molecule has 5 rings (SSSR count). The standard InChI is InChI=1S/C27H34ClN7O3S2/c1-4-20(26(37)38)34-8-9-35(17(3)13-34)23-12-29-19(11-30-23)25(36)32-27-31-24(21-10-18(28)15-39-21)22(40-27)14-33-7-5-6-16(33)2/h10-12,15-17,20H,4-9,13-14H2,1-3H3,(H,37,38)(H,31,32,36)/t16-,17-,20?/m1/s1. The van der Waals surface area contributed by atoms with Crippen molar-refractivity contribution in [1.82, 2.24) is 24.8 Å². The number of carbonyl (C=O) groups is 2. The molecule has 5 heterocycles. The normalized spacial score (nSPS) is 21.1. The van der Waals surface area contributed by atoms with Gasteiger partial charge in [-0.05, 0) is 45.7 Å². The Morgan fingerprint density at radius 3 is 2.62 bits per heavy atom. The molecule has 0 saturated carbocycles. The predicted octanol–water partition coefficient (Wildman–Crippen LogP) is 4.93. The monoisotopic (exact) mass is 603 g/mol. The molecule has 2 N–H and O–H groups in total. The van der Waals surface area contributed by atoms with Crippen molar-refractivity contribution in [3.8, 4) is 10.6 Å². The molecule has 2 aliphatic heterocycles. The van der Waals surface area contributed by atoms with Crippen LogP contribution >= 0.6 is 34.3 Å². The number of thiazole rings is 1. The second kappa shape index (κ2) is 12.5. The first-order valence-electron chi connectivity index (χ1n) is 13.6. The topological polar surface area (TPSA) is 115 Å². The molecule has 13 heteroatoms. The van der Waals surface area contributed by atoms with Crippen molar-refractivity contribution in [2.45, 2.75) is 64.7 Å². The molecule has 214 valence electrons. The van der Waals surface area contributed by atoms with Crippen LogP contribution in [0, 0.1) is 0 Å². The number of carboxylic acids is 1. The molecule has 0 aliphatic carbocycles. The lowest BCUT2D eigenvalue weighted by molar-refractivity contribution is -0.143. The second-order valence-electron chi connectivity index (χ2n) is 10.4. The van der Waals surface area contributed by atoms with Gasteiger partial charge >= 0.3 is 5.97 Å². The Balaban J connectivity index is 1.27. The van der Waals surface area contributed by atoms with Crippen molar-refractivity contribution in [3.63, 3.8) is 0 Å². The summed E-state index contributed by atoms with van der Waals surface area (Å²) in [6.45, 7) is 9.91. The number of halogens is 1. The number of amides is 1. The number of thiophene rings is 1. The number of nitrogens with one attached hydrogen (secondary N) is 1. The van der Waals surface area contributed by atoms with Gasteiger partial charge in [-0.3, -0.25) is 24.7 Å². The number of nitrogens with zero attached hydrogens (tertiary/aromatic N) is 6. The quantitative estimate of drug-likeness (QED) is 0.351. The van der Waals surface area contributed by atoms with Gasteiger partial charge in [0.05, 0.1) is 28.0 Å². The lowest BCUT2D eigenvalue weighted by atomic mass is 10.1. The van der Waals surface area contributed by atoms with Crippen molar-refractivity contribution < 1.29 is 14.7 Å². The van der Waals surface area contributed by atoms with E-state index in [1.807, 2.05) is 30.2 Å². The Kier molecular flexibility index (Phi) is 9.01. The van der Waals surface area contributed by atoms with E-state index in [4.69, 9.17) is 16.6 Å². The molecule has 3 aromatic rings. The van der Waals surface area contributed by atoms with Crippen LogP contribution in [0.1, 0.15) is 55.4 Å². The van der Waals surface area contributed by atoms with E-state index in [2.05, 4.69) is 32.0 Å². The number of likely N-dealkylation sites (tertiary alicyclic amines) is 1. The van der Waals surface area contributed by atoms with E-state index in [9.17, 15) is 14.7 Å². The highest BCUT2D eigenvalue weighted by Gasteiger charge is 2.32. The third kappa shape index (κ3) is 6.31. The third-order valence-corrected chi connectivity index (χ3v) is 9.93. The van der Waals surface area contributed by atoms with Gasteiger partial charge in [0.25, 0.3) is 5.91 Å². The molecule has 2 aliphatic rings. The zero-order valence-electron chi connectivity index (χ0n) is 22.8. The first-order chi connectivity index (χ1) is 19.2. The Morgan fingerprint density at radius 2 is 2.02 bits per heavy atom. The van der Waals surface area contributed by atoms with Gasteiger partial charge in [-0.2, -0.15) is 0 Å². The van der Waals surface area contributed by atoms with Crippen molar-refractivity contribution in [1.29, 1.82) is 0 Å². The molecule has 1 unspecified atom stereocenters. The van der Waals surface area contributed by atoms with Crippen molar-refractivity contribution >= 4 is 57.1 Å². The van der Waals surface area contributed by atoms with Gasteiger partial charge in [0.15, 0.2) is 5.13 Å². The maximum Gasteiger partial charge on any atom is 0.320 e. The van der Waals surface area contributed by atoms with E-state index in [1.54, 1.807) is 17.5 Å². The fraction of sp³-hybridized carbons (Fsp3) is 0.519. The summed E-state index contributed by atoms with van der Waals surface area (Å²) in [5.41, 5.74) is 1.07. The van der Waals surface area contributed by atoms with Crippen LogP contribution in [0.4, 0.5) is 10.9 Å². The van der Waals surface area contributed by atoms with Crippen LogP contribution in [0.15, 0.2) is 23.8 Å². The minimum atomic E-state index is -0.789. The van der Waals surface area contributed by atoms with E-state index in [1.165, 1.54) is 30.4 Å². The predicted molar refractivity (Wildman–Crippen MR) is 160 cm³/mol. The first-order valence-corrected chi connectivity index (χ1v) is 15.7. The van der Waals surface area contributed by atoms with Crippen molar-refractivity contribution in [2.75, 3.05) is 36.4 Å². The van der Waals surface area contributed by atoms with Crippen LogP contribution in [-0.4, -0.2) is 86.0 Å². The van der Waals surface area contributed by atoms with Crippen molar-refractivity contribution in [2.24, 2.45) is 0 Å². The Labute approximate surface area is 247 Å². The van der Waals surface area contributed by atoms with Crippen LogP contribution in [-0.2, 0) is 11.3 Å². The number of anilines is 2. The molecule has 40 heavy (non-hydrogen) atoms. The zero-order chi connectivity index (χ0) is 28.4. The number of rotatable bonds is 9. The number of aliphatic carboxylic acids is 1. The van der Waals surface area contributed by atoms with Crippen molar-refractivity contribution in [3.05, 3.63) is 39.4 Å². The molecule has 1 amide bonds. The van der Waals surface area contributed by atoms with Gasteiger partial charge in [-0.15, -0.1) is 11.3 Å². The molecule has 0 bridgehead atoms. The molecule has 10 nitrogen and oxygen atoms in total. The largest absolute Gasteiger partial charge is 0.480 e. The zero-order valence-corrected chi connectivity index (χ0v) is 25.2. The minimum Gasteiger partial charge on any atom is -0.480 e. The Morgan fingerprint density at radius 1 is 1.20 bits per heavy atom. The lowest BCUT2D eigenvalue weighted by Crippen LogP contribution is -2.56. The van der Waals surface area contributed by atoms with Crippen LogP contribution < -0.4 is 10.2 Å². The smallest absolute Gasteiger partial charge is 0.320 e. The Hall–Kier alpha value is -2.64. The maximum atomic E-state index is 13.1. The Bertz CT molecular complexity index is 1350. The summed E-state index contributed by atoms with van der Waals surface area (Å²) in [5.74, 6) is -0.488. The summed E-state index contributed by atoms with van der Waals surface area (Å²) in [4.78, 5) is 47.0. The SMILES string of the molecule is CCC(C(=O)O)N1CCN(c2cnc(C(=O)Nc3nc(-c4cc(Cl)cs4)c(CN4CCC[C@H]4C)s3)cn2)[C@H](C)C1. The summed E-state index contributed by atoms with van der Waals surface area (Å²) in [5, 5.41) is 15.5. The van der Waals surface area contributed by atoms with Gasteiger partial charge in [0.1, 0.15) is 17.6 Å². The number of hydrogen-bond donors (Lipinski definition) is 2. The summed E-state index contributed by atoms with van der Waals surface area (Å²) in [6, 6.07) is 2.01. The molecule has 3 aromatic heterocycles. The van der Waals surface area contributed by atoms with Gasteiger partial charge < -0.3 is 10.0 Å². The lowest BCUT2D eigenvalue weighted by Gasteiger charge is -2.42. The minimum absolute atomic E-state index is 0.0624. The summed E-state index contributed by atoms with van der Waals surface area (Å²) >= 11 is 9.24. The summed E-state index contributed by atoms with van der Waals surface area (Å²) in [7, 11) is 0. The third-order valence-electron chi connectivity index (χ3n) is 7.69. The molecule has 0 radical (unpaired) electrons. The molecular weight excluding hydrogens is 570 g/mol. The molecule has 2 fully saturated rings. The molecule has 0 aromatic carbocycles. The van der Waals surface area contributed by atoms with Crippen LogP contribution in [0.3, 0.4) is 0 Å². The summed E-state index contributed by atoms with van der Waals surface area (Å²) < 4.78 is 0. The highest BCUT2D eigenvalue weighted by molar-refractivity contribution is 7.17. The highest BCUT2D eigenvalue weighted by Crippen LogP contribution is 2.38. The maximum absolute atomic E-state index is 13.1. The molecule has 3 atom stereocenters. The van der Waals surface area contributed by atoms with Gasteiger partial charge in [-0.1, -0.05) is 29.9 Å². The van der Waals surface area contributed by atoms with E-state index in [0.717, 1.165) is 28.5 Å². The highest BCUT2D eigenvalue weighted by atomic mass is 35.5. The fourth-order valence-corrected chi connectivity index (χ4v) is 7.65. The number of hydrogen-bond acceptors (Lipinski definition) is 10. The van der Waals surface area contributed by atoms with E-state index in [0.29, 0.717) is 48.1 Å². The molecule has 0 spiro atoms. The van der Waals surface area contributed by atoms with Crippen LogP contribution in [0.2, 0.25) is 5.02 Å². The van der Waals surface area contributed by atoms with E-state index >= 15 is 0 Å². The number of aromatic nitrogens is 3. The molecular formula is C27H34ClN7O3S2. The second-order valence-corrected chi connectivity index (χ2v) is 12.8. The van der Waals surface area contributed by atoms with Gasteiger partial charge in [0, 0.05) is 48.5 Å². The number of piperazine rings is 1. The summed E-state index contributed by atoms with van der Waals surface area (Å²) in [6.07, 6.45) is 6.03. The van der Waals surface area contributed by atoms with E-state index < -0.39 is 12.0 Å². The fourth-order valence-electron chi connectivity index (χ4n) is 5.50. The average molecular weight is 604 g/mol. The van der Waals surface area contributed by atoms with Crippen LogP contribution in [0.25, 0.3) is 10.6 Å². The number of carboxylic acid groups (broad SMARTS) is 1. The molecule has 2 saturated heterocycles. The van der Waals surface area contributed by atoms with Gasteiger partial charge in [0.2, 0.25) is 0 Å². The first kappa shape index (κ1) is 28.9.